The molecular formula is C20H18BrN3O5. The van der Waals surface area contributed by atoms with Gasteiger partial charge in [-0.05, 0) is 40.5 Å². The van der Waals surface area contributed by atoms with Crippen LogP contribution in [0.3, 0.4) is 0 Å². The fourth-order valence-electron chi connectivity index (χ4n) is 3.34. The Labute approximate surface area is 175 Å². The lowest BCUT2D eigenvalue weighted by Crippen LogP contribution is -2.37. The minimum Gasteiger partial charge on any atom is -0.493 e. The maximum atomic E-state index is 13.0. The molecule has 150 valence electrons. The third-order valence-electron chi connectivity index (χ3n) is 4.81. The van der Waals surface area contributed by atoms with E-state index in [0.29, 0.717) is 15.7 Å². The Kier molecular flexibility index (Phi) is 5.48. The number of nitrogens with one attached hydrogen (secondary N) is 1. The molecule has 0 saturated carbocycles. The first-order valence-corrected chi connectivity index (χ1v) is 9.41. The summed E-state index contributed by atoms with van der Waals surface area (Å²) < 4.78 is 18.0. The number of carbonyl (C=O) groups is 1. The number of ether oxygens (including phenoxy) is 3. The Morgan fingerprint density at radius 3 is 2.66 bits per heavy atom. The molecule has 1 aliphatic heterocycles. The van der Waals surface area contributed by atoms with E-state index in [0.717, 1.165) is 0 Å². The van der Waals surface area contributed by atoms with Crippen LogP contribution < -0.4 is 19.8 Å². The van der Waals surface area contributed by atoms with Gasteiger partial charge in [-0.2, -0.15) is 5.26 Å². The smallest absolute Gasteiger partial charge is 0.308 e. The number of halogens is 1. The van der Waals surface area contributed by atoms with Crippen molar-refractivity contribution in [1.82, 2.24) is 4.57 Å². The number of rotatable bonds is 3. The van der Waals surface area contributed by atoms with Gasteiger partial charge >= 0.3 is 5.97 Å². The normalized spacial score (nSPS) is 17.7. The molecule has 0 saturated heterocycles. The van der Waals surface area contributed by atoms with Gasteiger partial charge in [0.2, 0.25) is 5.90 Å². The number of aromatic nitrogens is 1. The second-order valence-electron chi connectivity index (χ2n) is 6.61. The molecule has 1 aromatic carbocycles. The first-order chi connectivity index (χ1) is 13.7. The van der Waals surface area contributed by atoms with Crippen LogP contribution in [-0.2, 0) is 11.8 Å². The van der Waals surface area contributed by atoms with Crippen LogP contribution in [0.15, 0.2) is 27.5 Å². The number of hydrogen-bond donors (Lipinski definition) is 1. The number of aryl methyl sites for hydroxylation is 1. The molecule has 1 N–H and O–H groups in total. The molecule has 0 amide bonds. The molecule has 0 fully saturated rings. The molecule has 2 unspecified atom stereocenters. The van der Waals surface area contributed by atoms with Crippen LogP contribution in [0, 0.1) is 29.6 Å². The summed E-state index contributed by atoms with van der Waals surface area (Å²) in [7, 11) is 3.05. The maximum absolute atomic E-state index is 13.0. The lowest BCUT2D eigenvalue weighted by molar-refractivity contribution is -0.132. The maximum Gasteiger partial charge on any atom is 0.308 e. The van der Waals surface area contributed by atoms with Gasteiger partial charge in [-0.15, -0.1) is 0 Å². The van der Waals surface area contributed by atoms with Crippen LogP contribution in [0.4, 0.5) is 0 Å². The highest BCUT2D eigenvalue weighted by atomic mass is 79.9. The van der Waals surface area contributed by atoms with Gasteiger partial charge in [0.1, 0.15) is 11.7 Å². The highest BCUT2D eigenvalue weighted by molar-refractivity contribution is 9.10. The molecular weight excluding hydrogens is 442 g/mol. The number of benzene rings is 1. The molecule has 0 aliphatic carbocycles. The SMILES string of the molecule is COc1cc(C2c3c(cc(C)n(C)c3=O)OC(=N)C2C#N)cc(Br)c1OC(C)=O. The lowest BCUT2D eigenvalue weighted by Gasteiger charge is -2.30. The Hall–Kier alpha value is -3.12. The molecule has 1 aliphatic rings. The zero-order valence-electron chi connectivity index (χ0n) is 16.2. The molecule has 2 aromatic rings. The van der Waals surface area contributed by atoms with Crippen LogP contribution in [0.5, 0.6) is 17.2 Å². The summed E-state index contributed by atoms with van der Waals surface area (Å²) in [6.45, 7) is 3.03. The molecule has 8 nitrogen and oxygen atoms in total. The highest BCUT2D eigenvalue weighted by Gasteiger charge is 2.40. The van der Waals surface area contributed by atoms with E-state index in [4.69, 9.17) is 19.6 Å². The van der Waals surface area contributed by atoms with Crippen molar-refractivity contribution >= 4 is 27.8 Å². The highest BCUT2D eigenvalue weighted by Crippen LogP contribution is 2.45. The van der Waals surface area contributed by atoms with Crippen LogP contribution in [0.2, 0.25) is 0 Å². The first-order valence-electron chi connectivity index (χ1n) is 8.61. The van der Waals surface area contributed by atoms with Gasteiger partial charge in [-0.25, -0.2) is 0 Å². The number of pyridine rings is 1. The predicted molar refractivity (Wildman–Crippen MR) is 108 cm³/mol. The van der Waals surface area contributed by atoms with Gasteiger partial charge in [0.15, 0.2) is 11.5 Å². The van der Waals surface area contributed by atoms with Crippen molar-refractivity contribution < 1.29 is 19.0 Å². The minimum atomic E-state index is -1.01. The topological polar surface area (TPSA) is 114 Å². The number of nitriles is 1. The third kappa shape index (κ3) is 3.51. The number of methoxy groups -OCH3 is 1. The van der Waals surface area contributed by atoms with E-state index in [2.05, 4.69) is 22.0 Å². The van der Waals surface area contributed by atoms with Gasteiger partial charge in [0.25, 0.3) is 5.56 Å². The van der Waals surface area contributed by atoms with Gasteiger partial charge in [0, 0.05) is 31.6 Å². The Morgan fingerprint density at radius 1 is 1.38 bits per heavy atom. The van der Waals surface area contributed by atoms with E-state index in [9.17, 15) is 14.9 Å². The van der Waals surface area contributed by atoms with Crippen molar-refractivity contribution in [3.63, 3.8) is 0 Å². The number of carbonyl (C=O) groups excluding carboxylic acids is 1. The summed E-state index contributed by atoms with van der Waals surface area (Å²) in [5.41, 5.74) is 1.19. The summed E-state index contributed by atoms with van der Waals surface area (Å²) in [6, 6.07) is 6.99. The van der Waals surface area contributed by atoms with Gasteiger partial charge in [-0.1, -0.05) is 0 Å². The zero-order valence-corrected chi connectivity index (χ0v) is 17.8. The number of hydrogen-bond acceptors (Lipinski definition) is 7. The van der Waals surface area contributed by atoms with Crippen molar-refractivity contribution in [3.8, 4) is 23.3 Å². The molecule has 3 rings (SSSR count). The van der Waals surface area contributed by atoms with Crippen LogP contribution >= 0.6 is 15.9 Å². The number of nitrogens with zero attached hydrogens (tertiary/aromatic N) is 2. The van der Waals surface area contributed by atoms with Gasteiger partial charge in [0.05, 0.1) is 23.2 Å². The summed E-state index contributed by atoms with van der Waals surface area (Å²) in [5, 5.41) is 17.9. The molecule has 29 heavy (non-hydrogen) atoms. The third-order valence-corrected chi connectivity index (χ3v) is 5.40. The fourth-order valence-corrected chi connectivity index (χ4v) is 3.88. The van der Waals surface area contributed by atoms with Crippen LogP contribution in [0.25, 0.3) is 0 Å². The standard InChI is InChI=1S/C20H18BrN3O5/c1-9-5-14-17(20(26)24(9)3)16(12(8-22)19(23)29-14)11-6-13(21)18(28-10(2)25)15(7-11)27-4/h5-7,12,16,23H,1-4H3. The lowest BCUT2D eigenvalue weighted by atomic mass is 9.79. The van der Waals surface area contributed by atoms with Crippen molar-refractivity contribution in [1.29, 1.82) is 10.7 Å². The molecule has 1 aromatic heterocycles. The predicted octanol–water partition coefficient (Wildman–Crippen LogP) is 3.03. The molecule has 0 radical (unpaired) electrons. The second-order valence-corrected chi connectivity index (χ2v) is 7.46. The van der Waals surface area contributed by atoms with E-state index in [1.54, 1.807) is 32.2 Å². The summed E-state index contributed by atoms with van der Waals surface area (Å²) >= 11 is 3.37. The summed E-state index contributed by atoms with van der Waals surface area (Å²) in [4.78, 5) is 24.4. The average molecular weight is 460 g/mol. The van der Waals surface area contributed by atoms with Crippen molar-refractivity contribution in [2.45, 2.75) is 19.8 Å². The quantitative estimate of drug-likeness (QED) is 0.557. The Balaban J connectivity index is 2.30. The van der Waals surface area contributed by atoms with Crippen LogP contribution in [-0.4, -0.2) is 23.5 Å². The monoisotopic (exact) mass is 459 g/mol. The van der Waals surface area contributed by atoms with E-state index in [1.807, 2.05) is 0 Å². The van der Waals surface area contributed by atoms with E-state index < -0.39 is 17.8 Å². The fraction of sp³-hybridized carbons (Fsp3) is 0.300. The Bertz CT molecular complexity index is 1130. The van der Waals surface area contributed by atoms with Crippen molar-refractivity contribution in [2.75, 3.05) is 7.11 Å². The summed E-state index contributed by atoms with van der Waals surface area (Å²) in [5.74, 6) is -1.82. The molecule has 9 heteroatoms. The average Bonchev–Trinajstić information content (AvgIpc) is 2.66. The number of esters is 1. The van der Waals surface area contributed by atoms with E-state index in [-0.39, 0.29) is 34.3 Å². The van der Waals surface area contributed by atoms with Gasteiger partial charge in [-0.3, -0.25) is 15.0 Å². The minimum absolute atomic E-state index is 0.191. The largest absolute Gasteiger partial charge is 0.493 e. The molecule has 0 spiro atoms. The zero-order chi connectivity index (χ0) is 21.5. The number of fused-ring (bicyclic) bond motifs is 1. The Morgan fingerprint density at radius 2 is 2.07 bits per heavy atom. The van der Waals surface area contributed by atoms with Crippen molar-refractivity contribution in [3.05, 3.63) is 49.8 Å². The van der Waals surface area contributed by atoms with Gasteiger partial charge < -0.3 is 18.8 Å². The van der Waals surface area contributed by atoms with E-state index >= 15 is 0 Å². The molecule has 2 heterocycles. The molecule has 2 atom stereocenters. The first kappa shape index (κ1) is 20.6. The van der Waals surface area contributed by atoms with E-state index in [1.165, 1.54) is 18.6 Å². The second kappa shape index (κ2) is 7.72. The van der Waals surface area contributed by atoms with Crippen LogP contribution in [0.1, 0.15) is 29.7 Å². The summed E-state index contributed by atoms with van der Waals surface area (Å²) in [6.07, 6.45) is 0. The molecule has 0 bridgehead atoms. The van der Waals surface area contributed by atoms with Crippen molar-refractivity contribution in [2.24, 2.45) is 13.0 Å².